The molecule has 0 radical (unpaired) electrons. The maximum absolute atomic E-state index is 13.6. The third kappa shape index (κ3) is 4.16. The Balaban J connectivity index is 1.78. The molecule has 0 spiro atoms. The summed E-state index contributed by atoms with van der Waals surface area (Å²) in [7, 11) is 0. The lowest BCUT2D eigenvalue weighted by molar-refractivity contribution is -0.148. The zero-order valence-corrected chi connectivity index (χ0v) is 16.7. The Hall–Kier alpha value is -2.19. The van der Waals surface area contributed by atoms with Gasteiger partial charge in [-0.15, -0.1) is 0 Å². The van der Waals surface area contributed by atoms with Gasteiger partial charge in [0, 0.05) is 29.6 Å². The van der Waals surface area contributed by atoms with Gasteiger partial charge in [-0.25, -0.2) is 9.37 Å². The summed E-state index contributed by atoms with van der Waals surface area (Å²) >= 11 is 0. The van der Waals surface area contributed by atoms with Gasteiger partial charge in [0.1, 0.15) is 23.2 Å². The molecule has 2 aliphatic rings. The van der Waals surface area contributed by atoms with Gasteiger partial charge in [-0.3, -0.25) is 0 Å². The number of hydrogen-bond acceptors (Lipinski definition) is 4. The Morgan fingerprint density at radius 3 is 2.57 bits per heavy atom. The average Bonchev–Trinajstić information content (AvgIpc) is 3.45. The van der Waals surface area contributed by atoms with E-state index in [1.807, 2.05) is 6.92 Å². The van der Waals surface area contributed by atoms with Crippen LogP contribution >= 0.6 is 0 Å². The number of benzene rings is 1. The lowest BCUT2D eigenvalue weighted by Crippen LogP contribution is -2.38. The molecule has 3 N–H and O–H groups in total. The number of nitrogens with two attached hydrogens (primary N) is 1. The molecule has 1 fully saturated rings. The fourth-order valence-corrected chi connectivity index (χ4v) is 3.88. The van der Waals surface area contributed by atoms with Crippen LogP contribution in [-0.2, 0) is 5.41 Å². The summed E-state index contributed by atoms with van der Waals surface area (Å²) in [5.74, 6) is -1.17. The van der Waals surface area contributed by atoms with Gasteiger partial charge >= 0.3 is 6.18 Å². The predicted octanol–water partition coefficient (Wildman–Crippen LogP) is 4.14. The highest BCUT2D eigenvalue weighted by Crippen LogP contribution is 2.46. The topological polar surface area (TPSA) is 60.2 Å². The van der Waals surface area contributed by atoms with Crippen molar-refractivity contribution in [3.05, 3.63) is 47.4 Å². The quantitative estimate of drug-likeness (QED) is 0.657. The molecule has 162 valence electrons. The highest BCUT2D eigenvalue weighted by atomic mass is 19.4. The van der Waals surface area contributed by atoms with Gasteiger partial charge < -0.3 is 15.8 Å². The normalized spacial score (nSPS) is 21.9. The zero-order chi connectivity index (χ0) is 21.5. The first-order valence-corrected chi connectivity index (χ1v) is 10.1. The molecule has 1 aromatic heterocycles. The molecule has 1 saturated carbocycles. The van der Waals surface area contributed by atoms with Crippen LogP contribution in [0.1, 0.15) is 36.9 Å². The van der Waals surface area contributed by atoms with Gasteiger partial charge in [-0.1, -0.05) is 6.92 Å². The standard InChI is InChI=1S/C22H25F4N3O/c1-21(11-28-10-13-2-3-13)12-30-20-16(21)8-18(17(9-27)22(24,25)26)29-19(20)14-4-6-15(23)7-5-14/h4-8,13,17,28H,2-3,9-12,27H2,1H3/t17-,21+/m1/s1. The minimum atomic E-state index is -4.52. The first-order valence-electron chi connectivity index (χ1n) is 10.1. The third-order valence-electron chi connectivity index (χ3n) is 5.93. The molecular weight excluding hydrogens is 398 g/mol. The number of fused-ring (bicyclic) bond motifs is 1. The second kappa shape index (κ2) is 7.81. The second-order valence-electron chi connectivity index (χ2n) is 8.53. The monoisotopic (exact) mass is 423 g/mol. The van der Waals surface area contributed by atoms with E-state index in [2.05, 4.69) is 10.3 Å². The van der Waals surface area contributed by atoms with Crippen molar-refractivity contribution in [2.24, 2.45) is 11.7 Å². The Kier molecular flexibility index (Phi) is 5.48. The van der Waals surface area contributed by atoms with Crippen LogP contribution in [0.4, 0.5) is 17.6 Å². The van der Waals surface area contributed by atoms with Gasteiger partial charge in [-0.05, 0) is 55.6 Å². The van der Waals surface area contributed by atoms with Crippen LogP contribution in [0.15, 0.2) is 30.3 Å². The van der Waals surface area contributed by atoms with Crippen LogP contribution < -0.4 is 15.8 Å². The van der Waals surface area contributed by atoms with Gasteiger partial charge in [0.05, 0.1) is 12.3 Å². The van der Waals surface area contributed by atoms with E-state index >= 15 is 0 Å². The summed E-state index contributed by atoms with van der Waals surface area (Å²) in [4.78, 5) is 4.30. The Morgan fingerprint density at radius 2 is 1.97 bits per heavy atom. The number of nitrogens with zero attached hydrogens (tertiary/aromatic N) is 1. The first kappa shape index (κ1) is 21.1. The molecule has 4 nitrogen and oxygen atoms in total. The van der Waals surface area contributed by atoms with E-state index in [9.17, 15) is 17.6 Å². The van der Waals surface area contributed by atoms with Gasteiger partial charge in [0.25, 0.3) is 0 Å². The smallest absolute Gasteiger partial charge is 0.398 e. The molecule has 4 rings (SSSR count). The highest BCUT2D eigenvalue weighted by molar-refractivity contribution is 5.70. The molecule has 8 heteroatoms. The van der Waals surface area contributed by atoms with Crippen LogP contribution in [0.2, 0.25) is 0 Å². The van der Waals surface area contributed by atoms with Crippen LogP contribution in [0.3, 0.4) is 0 Å². The summed E-state index contributed by atoms with van der Waals surface area (Å²) < 4.78 is 60.2. The van der Waals surface area contributed by atoms with Crippen molar-refractivity contribution in [1.29, 1.82) is 0 Å². The molecular formula is C22H25F4N3O. The Bertz CT molecular complexity index is 912. The lowest BCUT2D eigenvalue weighted by Gasteiger charge is -2.25. The molecule has 30 heavy (non-hydrogen) atoms. The molecule has 1 aliphatic heterocycles. The molecule has 1 aliphatic carbocycles. The average molecular weight is 423 g/mol. The summed E-state index contributed by atoms with van der Waals surface area (Å²) in [5, 5.41) is 3.43. The summed E-state index contributed by atoms with van der Waals surface area (Å²) in [6.45, 7) is 3.18. The van der Waals surface area contributed by atoms with Crippen LogP contribution in [0.25, 0.3) is 11.3 Å². The SMILES string of the molecule is C[C@]1(CNCC2CC2)COc2c1cc([C@@H](CN)C(F)(F)F)nc2-c1ccc(F)cc1. The number of ether oxygens (including phenoxy) is 1. The molecule has 2 heterocycles. The van der Waals surface area contributed by atoms with E-state index < -0.39 is 29.9 Å². The highest BCUT2D eigenvalue weighted by Gasteiger charge is 2.44. The van der Waals surface area contributed by atoms with Gasteiger partial charge in [0.2, 0.25) is 0 Å². The lowest BCUT2D eigenvalue weighted by atomic mass is 9.82. The van der Waals surface area contributed by atoms with E-state index in [-0.39, 0.29) is 11.4 Å². The molecule has 0 amide bonds. The van der Waals surface area contributed by atoms with Crippen molar-refractivity contribution in [3.8, 4) is 17.0 Å². The summed E-state index contributed by atoms with van der Waals surface area (Å²) in [6, 6.07) is 6.99. The fraction of sp³-hybridized carbons (Fsp3) is 0.500. The van der Waals surface area contributed by atoms with Crippen molar-refractivity contribution in [1.82, 2.24) is 10.3 Å². The maximum atomic E-state index is 13.6. The van der Waals surface area contributed by atoms with E-state index in [4.69, 9.17) is 10.5 Å². The van der Waals surface area contributed by atoms with E-state index in [0.717, 1.165) is 6.54 Å². The first-order chi connectivity index (χ1) is 14.2. The second-order valence-corrected chi connectivity index (χ2v) is 8.53. The summed E-state index contributed by atoms with van der Waals surface area (Å²) in [5.41, 5.74) is 6.31. The van der Waals surface area contributed by atoms with E-state index in [0.29, 0.717) is 35.9 Å². The van der Waals surface area contributed by atoms with Crippen LogP contribution in [-0.4, -0.2) is 37.4 Å². The molecule has 1 aromatic carbocycles. The molecule has 0 bridgehead atoms. The number of halogens is 4. The Morgan fingerprint density at radius 1 is 1.27 bits per heavy atom. The molecule has 2 atom stereocenters. The minimum Gasteiger partial charge on any atom is -0.490 e. The zero-order valence-electron chi connectivity index (χ0n) is 16.7. The van der Waals surface area contributed by atoms with Crippen molar-refractivity contribution < 1.29 is 22.3 Å². The number of alkyl halides is 3. The van der Waals surface area contributed by atoms with Crippen molar-refractivity contribution in [3.63, 3.8) is 0 Å². The number of hydrogen-bond donors (Lipinski definition) is 2. The molecule has 0 saturated heterocycles. The van der Waals surface area contributed by atoms with Gasteiger partial charge in [0.15, 0.2) is 0 Å². The molecule has 0 unspecified atom stereocenters. The van der Waals surface area contributed by atoms with Crippen LogP contribution in [0.5, 0.6) is 5.75 Å². The van der Waals surface area contributed by atoms with Gasteiger partial charge in [-0.2, -0.15) is 13.2 Å². The maximum Gasteiger partial charge on any atom is 0.398 e. The number of rotatable bonds is 7. The summed E-state index contributed by atoms with van der Waals surface area (Å²) in [6.07, 6.45) is -2.09. The van der Waals surface area contributed by atoms with Crippen molar-refractivity contribution in [2.45, 2.75) is 37.3 Å². The predicted molar refractivity (Wildman–Crippen MR) is 106 cm³/mol. The number of aromatic nitrogens is 1. The van der Waals surface area contributed by atoms with Crippen LogP contribution in [0, 0.1) is 11.7 Å². The largest absolute Gasteiger partial charge is 0.490 e. The Labute approximate surface area is 172 Å². The third-order valence-corrected chi connectivity index (χ3v) is 5.93. The van der Waals surface area contributed by atoms with E-state index in [1.165, 1.54) is 43.2 Å². The van der Waals surface area contributed by atoms with E-state index in [1.54, 1.807) is 0 Å². The van der Waals surface area contributed by atoms with Crippen molar-refractivity contribution >= 4 is 0 Å². The van der Waals surface area contributed by atoms with Crippen molar-refractivity contribution in [2.75, 3.05) is 26.2 Å². The minimum absolute atomic E-state index is 0.137. The fourth-order valence-electron chi connectivity index (χ4n) is 3.88. The molecule has 2 aromatic rings. The number of nitrogens with one attached hydrogen (secondary N) is 1. The number of pyridine rings is 1.